The molecule has 2 amide bonds. The van der Waals surface area contributed by atoms with E-state index >= 15 is 0 Å². The Kier molecular flexibility index (Phi) is 5.67. The molecular formula is C16H19FN2O4. The summed E-state index contributed by atoms with van der Waals surface area (Å²) < 4.78 is 18.0. The van der Waals surface area contributed by atoms with Crippen LogP contribution in [-0.4, -0.2) is 35.8 Å². The largest absolute Gasteiger partial charge is 0.446 e. The van der Waals surface area contributed by atoms with Gasteiger partial charge in [-0.15, -0.1) is 0 Å². The lowest BCUT2D eigenvalue weighted by Crippen LogP contribution is -2.37. The van der Waals surface area contributed by atoms with Crippen LogP contribution < -0.4 is 5.73 Å². The molecule has 1 aromatic rings. The van der Waals surface area contributed by atoms with Crippen molar-refractivity contribution < 1.29 is 23.5 Å². The number of hydrogen-bond acceptors (Lipinski definition) is 4. The Morgan fingerprint density at radius 1 is 1.22 bits per heavy atom. The maximum atomic E-state index is 12.9. The molecule has 0 radical (unpaired) electrons. The minimum Gasteiger partial charge on any atom is -0.446 e. The fraction of sp³-hybridized carbons (Fsp3) is 0.438. The molecule has 124 valence electrons. The van der Waals surface area contributed by atoms with Crippen molar-refractivity contribution in [1.82, 2.24) is 4.90 Å². The van der Waals surface area contributed by atoms with Crippen molar-refractivity contribution in [2.75, 3.05) is 13.1 Å². The third-order valence-electron chi connectivity index (χ3n) is 3.67. The minimum atomic E-state index is -1.30. The molecule has 1 aromatic carbocycles. The van der Waals surface area contributed by atoms with E-state index in [4.69, 9.17) is 10.5 Å². The molecule has 1 heterocycles. The molecule has 0 bridgehead atoms. The first-order valence-corrected chi connectivity index (χ1v) is 7.49. The van der Waals surface area contributed by atoms with Gasteiger partial charge in [0, 0.05) is 18.5 Å². The highest BCUT2D eigenvalue weighted by Crippen LogP contribution is 2.18. The van der Waals surface area contributed by atoms with Gasteiger partial charge in [0.2, 0.25) is 12.0 Å². The Labute approximate surface area is 133 Å². The van der Waals surface area contributed by atoms with Crippen molar-refractivity contribution >= 4 is 17.8 Å². The summed E-state index contributed by atoms with van der Waals surface area (Å²) in [6.07, 6.45) is 1.69. The van der Waals surface area contributed by atoms with Gasteiger partial charge in [-0.05, 0) is 25.0 Å². The van der Waals surface area contributed by atoms with Crippen molar-refractivity contribution in [1.29, 1.82) is 0 Å². The number of carbonyl (C=O) groups is 3. The van der Waals surface area contributed by atoms with Gasteiger partial charge in [-0.25, -0.2) is 4.39 Å². The van der Waals surface area contributed by atoms with Gasteiger partial charge >= 0.3 is 5.97 Å². The summed E-state index contributed by atoms with van der Waals surface area (Å²) in [5.41, 5.74) is 5.54. The van der Waals surface area contributed by atoms with Gasteiger partial charge in [0.25, 0.3) is 5.91 Å². The second kappa shape index (κ2) is 7.71. The zero-order chi connectivity index (χ0) is 16.8. The predicted octanol–water partition coefficient (Wildman–Crippen LogP) is 1.30. The van der Waals surface area contributed by atoms with Crippen molar-refractivity contribution in [3.05, 3.63) is 35.6 Å². The number of ether oxygens (including phenoxy) is 1. The van der Waals surface area contributed by atoms with Gasteiger partial charge in [0.1, 0.15) is 12.4 Å². The molecule has 7 heteroatoms. The molecule has 1 fully saturated rings. The van der Waals surface area contributed by atoms with Gasteiger partial charge in [0.15, 0.2) is 0 Å². The number of amides is 2. The average Bonchev–Trinajstić information content (AvgIpc) is 2.71. The molecule has 6 nitrogen and oxygen atoms in total. The van der Waals surface area contributed by atoms with Crippen LogP contribution in [-0.2, 0) is 19.1 Å². The smallest absolute Gasteiger partial charge is 0.326 e. The number of primary amides is 1. The van der Waals surface area contributed by atoms with Crippen molar-refractivity contribution in [2.24, 2.45) is 5.73 Å². The van der Waals surface area contributed by atoms with E-state index in [1.54, 1.807) is 0 Å². The Hall–Kier alpha value is -2.44. The molecule has 0 aliphatic carbocycles. The second-order valence-electron chi connectivity index (χ2n) is 5.45. The number of nitrogens with two attached hydrogens (primary N) is 1. The van der Waals surface area contributed by atoms with E-state index < -0.39 is 23.8 Å². The number of hydrogen-bond donors (Lipinski definition) is 1. The van der Waals surface area contributed by atoms with Crippen LogP contribution in [0.4, 0.5) is 4.39 Å². The molecule has 1 unspecified atom stereocenters. The normalized spacial score (nSPS) is 16.6. The summed E-state index contributed by atoms with van der Waals surface area (Å²) in [6.45, 7) is 0.273. The highest BCUT2D eigenvalue weighted by Gasteiger charge is 2.25. The number of carbonyl (C=O) groups excluding carboxylic acids is 3. The third-order valence-corrected chi connectivity index (χ3v) is 3.67. The fourth-order valence-electron chi connectivity index (χ4n) is 2.46. The Bertz CT molecular complexity index is 588. The van der Waals surface area contributed by atoms with Gasteiger partial charge in [-0.1, -0.05) is 18.6 Å². The molecule has 1 saturated heterocycles. The van der Waals surface area contributed by atoms with Crippen LogP contribution >= 0.6 is 0 Å². The first-order valence-electron chi connectivity index (χ1n) is 7.49. The van der Waals surface area contributed by atoms with Crippen molar-refractivity contribution in [2.45, 2.75) is 31.8 Å². The zero-order valence-electron chi connectivity index (χ0n) is 12.7. The highest BCUT2D eigenvalue weighted by atomic mass is 19.1. The number of halogens is 1. The van der Waals surface area contributed by atoms with Crippen LogP contribution in [0.5, 0.6) is 0 Å². The van der Waals surface area contributed by atoms with Crippen LogP contribution in [0.15, 0.2) is 24.3 Å². The van der Waals surface area contributed by atoms with Gasteiger partial charge in [-0.2, -0.15) is 0 Å². The monoisotopic (exact) mass is 322 g/mol. The van der Waals surface area contributed by atoms with Gasteiger partial charge < -0.3 is 15.4 Å². The minimum absolute atomic E-state index is 0.100. The first kappa shape index (κ1) is 16.9. The summed E-state index contributed by atoms with van der Waals surface area (Å²) in [4.78, 5) is 36.8. The molecule has 1 aliphatic heterocycles. The second-order valence-corrected chi connectivity index (χ2v) is 5.45. The Morgan fingerprint density at radius 3 is 2.57 bits per heavy atom. The zero-order valence-corrected chi connectivity index (χ0v) is 12.7. The van der Waals surface area contributed by atoms with Crippen LogP contribution in [0, 0.1) is 5.82 Å². The average molecular weight is 322 g/mol. The molecule has 0 aromatic heterocycles. The summed E-state index contributed by atoms with van der Waals surface area (Å²) in [6, 6.07) is 4.96. The molecule has 1 aliphatic rings. The lowest BCUT2D eigenvalue weighted by molar-refractivity contribution is -0.158. The third kappa shape index (κ3) is 4.77. The number of benzene rings is 1. The number of likely N-dealkylation sites (tertiary alicyclic amines) is 1. The Balaban J connectivity index is 2.01. The maximum absolute atomic E-state index is 12.9. The summed E-state index contributed by atoms with van der Waals surface area (Å²) in [7, 11) is 0. The van der Waals surface area contributed by atoms with E-state index in [9.17, 15) is 18.8 Å². The van der Waals surface area contributed by atoms with E-state index in [1.807, 2.05) is 0 Å². The highest BCUT2D eigenvalue weighted by molar-refractivity contribution is 5.86. The molecule has 2 N–H and O–H groups in total. The number of rotatable bonds is 5. The van der Waals surface area contributed by atoms with Crippen LogP contribution in [0.25, 0.3) is 0 Å². The number of esters is 1. The van der Waals surface area contributed by atoms with Crippen LogP contribution in [0.3, 0.4) is 0 Å². The summed E-state index contributed by atoms with van der Waals surface area (Å²) >= 11 is 0. The number of nitrogens with zero attached hydrogens (tertiary/aromatic N) is 1. The van der Waals surface area contributed by atoms with E-state index in [-0.39, 0.29) is 18.0 Å². The van der Waals surface area contributed by atoms with E-state index in [1.165, 1.54) is 17.0 Å². The quantitative estimate of drug-likeness (QED) is 0.827. The molecule has 2 rings (SSSR count). The van der Waals surface area contributed by atoms with Crippen LogP contribution in [0.2, 0.25) is 0 Å². The van der Waals surface area contributed by atoms with E-state index in [0.717, 1.165) is 31.4 Å². The van der Waals surface area contributed by atoms with Gasteiger partial charge in [-0.3, -0.25) is 14.4 Å². The molecular weight excluding hydrogens is 303 g/mol. The molecule has 0 saturated carbocycles. The first-order chi connectivity index (χ1) is 11.0. The SMILES string of the molecule is NC(=O)C(OC(=O)CN1CCCCCC1=O)c1ccc(F)cc1. The van der Waals surface area contributed by atoms with Crippen LogP contribution in [0.1, 0.15) is 37.4 Å². The van der Waals surface area contributed by atoms with Gasteiger partial charge in [0.05, 0.1) is 0 Å². The lowest BCUT2D eigenvalue weighted by Gasteiger charge is -2.21. The molecule has 0 spiro atoms. The Morgan fingerprint density at radius 2 is 1.91 bits per heavy atom. The summed E-state index contributed by atoms with van der Waals surface area (Å²) in [5.74, 6) is -2.14. The predicted molar refractivity (Wildman–Crippen MR) is 79.5 cm³/mol. The fourth-order valence-corrected chi connectivity index (χ4v) is 2.46. The van der Waals surface area contributed by atoms with Crippen molar-refractivity contribution in [3.63, 3.8) is 0 Å². The van der Waals surface area contributed by atoms with Crippen molar-refractivity contribution in [3.8, 4) is 0 Å². The van der Waals surface area contributed by atoms with E-state index in [2.05, 4.69) is 0 Å². The molecule has 23 heavy (non-hydrogen) atoms. The summed E-state index contributed by atoms with van der Waals surface area (Å²) in [5, 5.41) is 0. The van der Waals surface area contributed by atoms with E-state index in [0.29, 0.717) is 13.0 Å². The standard InChI is InChI=1S/C16H19FN2O4/c17-12-7-5-11(6-8-12)15(16(18)22)23-14(21)10-19-9-3-1-2-4-13(19)20/h5-8,15H,1-4,9-10H2,(H2,18,22). The topological polar surface area (TPSA) is 89.7 Å². The molecule has 1 atom stereocenters. The maximum Gasteiger partial charge on any atom is 0.326 e. The lowest BCUT2D eigenvalue weighted by atomic mass is 10.1.